The van der Waals surface area contributed by atoms with Gasteiger partial charge in [-0.3, -0.25) is 34.6 Å². The molecule has 16 heteroatoms. The van der Waals surface area contributed by atoms with Crippen LogP contribution >= 0.6 is 0 Å². The number of anilines is 2. The Balaban J connectivity index is 2.46. The van der Waals surface area contributed by atoms with Crippen LogP contribution < -0.4 is 10.2 Å². The average molecular weight is 534 g/mol. The van der Waals surface area contributed by atoms with Crippen molar-refractivity contribution in [2.24, 2.45) is 10.2 Å². The molecule has 0 aliphatic heterocycles. The minimum absolute atomic E-state index is 0.0156. The summed E-state index contributed by atoms with van der Waals surface area (Å²) in [5, 5.41) is 32.3. The van der Waals surface area contributed by atoms with Crippen LogP contribution in [-0.4, -0.2) is 54.0 Å². The van der Waals surface area contributed by atoms with E-state index in [1.54, 1.807) is 11.0 Å². The highest BCUT2D eigenvalue weighted by atomic mass is 19.1. The third-order valence-corrected chi connectivity index (χ3v) is 4.69. The summed E-state index contributed by atoms with van der Waals surface area (Å²) in [6.45, 7) is 4.16. The smallest absolute Gasteiger partial charge is 0.311 e. The van der Waals surface area contributed by atoms with Gasteiger partial charge in [-0.1, -0.05) is 0 Å². The van der Waals surface area contributed by atoms with Crippen molar-refractivity contribution in [3.8, 4) is 0 Å². The van der Waals surface area contributed by atoms with Gasteiger partial charge in [-0.15, -0.1) is 10.2 Å². The molecule has 0 fully saturated rings. The van der Waals surface area contributed by atoms with Crippen LogP contribution in [0.25, 0.3) is 0 Å². The van der Waals surface area contributed by atoms with Gasteiger partial charge in [-0.25, -0.2) is 0 Å². The standard InChI is InChI=1S/C22H23FN6O9/c1-13(30)24-19-10-16(27(6-8-37-14(2)31)7-9-38-15(3)32)4-5-18(19)25-26-20-11-17(23)21(28(33)34)12-22(20)29(35)36/h4-5,10-12H,6-9H2,1-3H3,(H,24,30)/b26-25+. The van der Waals surface area contributed by atoms with Gasteiger partial charge in [-0.05, 0) is 18.2 Å². The molecule has 0 bridgehead atoms. The molecule has 0 radical (unpaired) electrons. The zero-order valence-electron chi connectivity index (χ0n) is 20.5. The van der Waals surface area contributed by atoms with E-state index in [0.29, 0.717) is 17.8 Å². The van der Waals surface area contributed by atoms with Gasteiger partial charge in [0.05, 0.1) is 34.7 Å². The van der Waals surface area contributed by atoms with Crippen LogP contribution in [-0.2, 0) is 23.9 Å². The number of azo groups is 1. The molecule has 0 spiro atoms. The maximum atomic E-state index is 14.1. The zero-order chi connectivity index (χ0) is 28.4. The van der Waals surface area contributed by atoms with E-state index >= 15 is 0 Å². The number of carbonyl (C=O) groups is 3. The minimum Gasteiger partial charge on any atom is -0.464 e. The molecule has 1 N–H and O–H groups in total. The second-order valence-electron chi connectivity index (χ2n) is 7.56. The van der Waals surface area contributed by atoms with E-state index in [-0.39, 0.29) is 37.7 Å². The van der Waals surface area contributed by atoms with E-state index in [0.717, 1.165) is 0 Å². The summed E-state index contributed by atoms with van der Waals surface area (Å²) < 4.78 is 24.0. The molecule has 0 saturated heterocycles. The first kappa shape index (κ1) is 29.2. The van der Waals surface area contributed by atoms with Gasteiger partial charge in [0.15, 0.2) is 5.69 Å². The number of hydrogen-bond acceptors (Lipinski definition) is 12. The van der Waals surface area contributed by atoms with Gasteiger partial charge in [0, 0.05) is 32.5 Å². The maximum Gasteiger partial charge on any atom is 0.311 e. The summed E-state index contributed by atoms with van der Waals surface area (Å²) in [5.41, 5.74) is -1.88. The van der Waals surface area contributed by atoms with E-state index < -0.39 is 50.6 Å². The fraction of sp³-hybridized carbons (Fsp3) is 0.318. The Labute approximate surface area is 214 Å². The Kier molecular flexibility index (Phi) is 10.2. The summed E-state index contributed by atoms with van der Waals surface area (Å²) >= 11 is 0. The Hall–Kier alpha value is -5.02. The lowest BCUT2D eigenvalue weighted by Crippen LogP contribution is -2.32. The number of carbonyl (C=O) groups excluding carboxylic acids is 3. The molecule has 0 heterocycles. The summed E-state index contributed by atoms with van der Waals surface area (Å²) in [7, 11) is 0. The van der Waals surface area contributed by atoms with Crippen molar-refractivity contribution < 1.29 is 38.1 Å². The van der Waals surface area contributed by atoms with E-state index in [2.05, 4.69) is 15.5 Å². The van der Waals surface area contributed by atoms with Crippen LogP contribution in [0.4, 0.5) is 38.5 Å². The van der Waals surface area contributed by atoms with Crippen molar-refractivity contribution in [3.05, 3.63) is 56.4 Å². The van der Waals surface area contributed by atoms with Crippen molar-refractivity contribution in [1.82, 2.24) is 0 Å². The molecule has 0 aliphatic rings. The van der Waals surface area contributed by atoms with Gasteiger partial charge >= 0.3 is 23.3 Å². The summed E-state index contributed by atoms with van der Waals surface area (Å²) in [4.78, 5) is 55.9. The zero-order valence-corrected chi connectivity index (χ0v) is 20.5. The van der Waals surface area contributed by atoms with Gasteiger partial charge in [0.2, 0.25) is 11.7 Å². The van der Waals surface area contributed by atoms with Crippen LogP contribution in [0.2, 0.25) is 0 Å². The predicted molar refractivity (Wildman–Crippen MR) is 130 cm³/mol. The van der Waals surface area contributed by atoms with E-state index in [4.69, 9.17) is 9.47 Å². The van der Waals surface area contributed by atoms with Crippen LogP contribution in [0, 0.1) is 26.0 Å². The van der Waals surface area contributed by atoms with E-state index in [1.165, 1.54) is 32.9 Å². The lowest BCUT2D eigenvalue weighted by Gasteiger charge is -2.25. The molecule has 0 unspecified atom stereocenters. The fourth-order valence-corrected chi connectivity index (χ4v) is 3.08. The van der Waals surface area contributed by atoms with E-state index in [9.17, 15) is 39.0 Å². The first-order valence-corrected chi connectivity index (χ1v) is 10.9. The lowest BCUT2D eigenvalue weighted by molar-refractivity contribution is -0.395. The van der Waals surface area contributed by atoms with Crippen LogP contribution in [0.3, 0.4) is 0 Å². The monoisotopic (exact) mass is 534 g/mol. The van der Waals surface area contributed by atoms with Gasteiger partial charge in [0.1, 0.15) is 18.9 Å². The van der Waals surface area contributed by atoms with Crippen molar-refractivity contribution >= 4 is 52.0 Å². The highest BCUT2D eigenvalue weighted by molar-refractivity contribution is 5.93. The number of nitrogens with one attached hydrogen (secondary N) is 1. The van der Waals surface area contributed by atoms with Crippen LogP contribution in [0.1, 0.15) is 20.8 Å². The number of nitro groups is 2. The molecule has 1 amide bonds. The number of esters is 2. The molecular formula is C22H23FN6O9. The van der Waals surface area contributed by atoms with Gasteiger partial charge in [-0.2, -0.15) is 4.39 Å². The van der Waals surface area contributed by atoms with Crippen molar-refractivity contribution in [2.45, 2.75) is 20.8 Å². The number of rotatable bonds is 12. The molecule has 2 aromatic carbocycles. The Morgan fingerprint density at radius 3 is 1.95 bits per heavy atom. The third kappa shape index (κ3) is 8.58. The molecule has 0 aromatic heterocycles. The molecule has 2 rings (SSSR count). The molecule has 202 valence electrons. The predicted octanol–water partition coefficient (Wildman–Crippen LogP) is 3.95. The number of hydrogen-bond donors (Lipinski definition) is 1. The van der Waals surface area contributed by atoms with Gasteiger partial charge < -0.3 is 19.7 Å². The molecule has 15 nitrogen and oxygen atoms in total. The number of benzene rings is 2. The fourth-order valence-electron chi connectivity index (χ4n) is 3.08. The number of halogens is 1. The summed E-state index contributed by atoms with van der Waals surface area (Å²) in [6, 6.07) is 5.39. The first-order chi connectivity index (χ1) is 17.9. The molecular weight excluding hydrogens is 511 g/mol. The highest BCUT2D eigenvalue weighted by Gasteiger charge is 2.25. The SMILES string of the molecule is CC(=O)Nc1cc(N(CCOC(C)=O)CCOC(C)=O)ccc1/N=N/c1cc(F)c([N+](=O)[O-])cc1[N+](=O)[O-]. The Morgan fingerprint density at radius 1 is 0.895 bits per heavy atom. The second kappa shape index (κ2) is 13.3. The average Bonchev–Trinajstić information content (AvgIpc) is 2.81. The topological polar surface area (TPSA) is 196 Å². The largest absolute Gasteiger partial charge is 0.464 e. The number of ether oxygens (including phenoxy) is 2. The van der Waals surface area contributed by atoms with E-state index in [1.807, 2.05) is 0 Å². The number of nitro benzene ring substituents is 2. The molecule has 0 saturated carbocycles. The van der Waals surface area contributed by atoms with Crippen molar-refractivity contribution in [2.75, 3.05) is 36.5 Å². The first-order valence-electron chi connectivity index (χ1n) is 10.9. The molecule has 38 heavy (non-hydrogen) atoms. The molecule has 2 aromatic rings. The summed E-state index contributed by atoms with van der Waals surface area (Å²) in [5.74, 6) is -2.81. The summed E-state index contributed by atoms with van der Waals surface area (Å²) in [6.07, 6.45) is 0. The number of amides is 1. The Morgan fingerprint density at radius 2 is 1.45 bits per heavy atom. The Bertz CT molecular complexity index is 1260. The van der Waals surface area contributed by atoms with Crippen molar-refractivity contribution in [3.63, 3.8) is 0 Å². The van der Waals surface area contributed by atoms with Gasteiger partial charge in [0.25, 0.3) is 0 Å². The highest BCUT2D eigenvalue weighted by Crippen LogP contribution is 2.36. The quantitative estimate of drug-likeness (QED) is 0.180. The molecule has 0 aliphatic carbocycles. The lowest BCUT2D eigenvalue weighted by atomic mass is 10.2. The second-order valence-corrected chi connectivity index (χ2v) is 7.56. The maximum absolute atomic E-state index is 14.1. The number of nitrogens with zero attached hydrogens (tertiary/aromatic N) is 5. The van der Waals surface area contributed by atoms with Crippen LogP contribution in [0.15, 0.2) is 40.6 Å². The molecule has 0 atom stereocenters. The van der Waals surface area contributed by atoms with Crippen molar-refractivity contribution in [1.29, 1.82) is 0 Å². The minimum atomic E-state index is -1.34. The van der Waals surface area contributed by atoms with Crippen LogP contribution in [0.5, 0.6) is 0 Å². The normalized spacial score (nSPS) is 10.6. The third-order valence-electron chi connectivity index (χ3n) is 4.69.